The van der Waals surface area contributed by atoms with E-state index in [2.05, 4.69) is 10.6 Å². The Hall–Kier alpha value is -1.62. The summed E-state index contributed by atoms with van der Waals surface area (Å²) in [6.45, 7) is 0. The fourth-order valence-corrected chi connectivity index (χ4v) is 2.47. The molecule has 4 nitrogen and oxygen atoms in total. The van der Waals surface area contributed by atoms with Gasteiger partial charge in [0.05, 0.1) is 7.11 Å². The summed E-state index contributed by atoms with van der Waals surface area (Å²) in [5.74, 6) is 0.529. The predicted octanol–water partition coefficient (Wildman–Crippen LogP) is 2.24. The van der Waals surface area contributed by atoms with E-state index in [4.69, 9.17) is 17.0 Å². The van der Waals surface area contributed by atoms with Crippen LogP contribution in [0.15, 0.2) is 24.3 Å². The van der Waals surface area contributed by atoms with E-state index in [-0.39, 0.29) is 5.91 Å². The van der Waals surface area contributed by atoms with Gasteiger partial charge < -0.3 is 10.1 Å². The van der Waals surface area contributed by atoms with Crippen molar-refractivity contribution in [2.24, 2.45) is 0 Å². The van der Waals surface area contributed by atoms with Crippen molar-refractivity contribution in [3.63, 3.8) is 0 Å². The highest BCUT2D eigenvalue weighted by Crippen LogP contribution is 2.17. The van der Waals surface area contributed by atoms with Crippen LogP contribution in [-0.2, 0) is 0 Å². The summed E-state index contributed by atoms with van der Waals surface area (Å²) in [6.07, 6.45) is 4.70. The van der Waals surface area contributed by atoms with Gasteiger partial charge in [0.25, 0.3) is 5.91 Å². The van der Waals surface area contributed by atoms with Crippen LogP contribution in [0.5, 0.6) is 5.75 Å². The Morgan fingerprint density at radius 1 is 1.26 bits per heavy atom. The van der Waals surface area contributed by atoms with Gasteiger partial charge in [0, 0.05) is 11.6 Å². The molecule has 102 valence electrons. The Labute approximate surface area is 118 Å². The third-order valence-electron chi connectivity index (χ3n) is 3.27. The molecule has 0 atom stereocenters. The molecule has 1 aromatic rings. The lowest BCUT2D eigenvalue weighted by Gasteiger charge is -2.14. The highest BCUT2D eigenvalue weighted by atomic mass is 32.1. The van der Waals surface area contributed by atoms with Gasteiger partial charge >= 0.3 is 0 Å². The smallest absolute Gasteiger partial charge is 0.257 e. The number of hydrogen-bond acceptors (Lipinski definition) is 3. The van der Waals surface area contributed by atoms with Crippen LogP contribution < -0.4 is 15.4 Å². The zero-order chi connectivity index (χ0) is 13.7. The lowest BCUT2D eigenvalue weighted by Crippen LogP contribution is -2.43. The first-order valence-corrected chi connectivity index (χ1v) is 6.86. The van der Waals surface area contributed by atoms with Crippen molar-refractivity contribution >= 4 is 23.2 Å². The van der Waals surface area contributed by atoms with Crippen molar-refractivity contribution in [2.75, 3.05) is 7.11 Å². The van der Waals surface area contributed by atoms with E-state index in [0.29, 0.717) is 16.7 Å². The molecular formula is C14H18N2O2S. The zero-order valence-corrected chi connectivity index (χ0v) is 11.8. The number of methoxy groups -OCH3 is 1. The lowest BCUT2D eigenvalue weighted by atomic mass is 10.2. The second-order valence-corrected chi connectivity index (χ2v) is 5.05. The number of carbonyl (C=O) groups is 1. The summed E-state index contributed by atoms with van der Waals surface area (Å²) >= 11 is 5.15. The lowest BCUT2D eigenvalue weighted by molar-refractivity contribution is 0.0976. The van der Waals surface area contributed by atoms with Crippen molar-refractivity contribution in [1.29, 1.82) is 0 Å². The van der Waals surface area contributed by atoms with Crippen LogP contribution in [-0.4, -0.2) is 24.2 Å². The van der Waals surface area contributed by atoms with Crippen LogP contribution in [0.3, 0.4) is 0 Å². The number of thiocarbonyl (C=S) groups is 1. The molecule has 0 radical (unpaired) electrons. The first-order chi connectivity index (χ1) is 9.19. The molecule has 0 unspecified atom stereocenters. The average molecular weight is 278 g/mol. The van der Waals surface area contributed by atoms with E-state index in [1.165, 1.54) is 12.8 Å². The van der Waals surface area contributed by atoms with E-state index in [1.54, 1.807) is 31.4 Å². The fraction of sp³-hybridized carbons (Fsp3) is 0.429. The standard InChI is InChI=1S/C14H18N2O2S/c1-18-12-8-6-10(7-9-12)13(17)16-14(19)15-11-4-2-3-5-11/h6-9,11H,2-5H2,1H3,(H2,15,16,17,19). The van der Waals surface area contributed by atoms with Crippen LogP contribution >= 0.6 is 12.2 Å². The summed E-state index contributed by atoms with van der Waals surface area (Å²) in [5, 5.41) is 6.29. The molecule has 1 saturated carbocycles. The number of benzene rings is 1. The zero-order valence-electron chi connectivity index (χ0n) is 10.9. The van der Waals surface area contributed by atoms with Gasteiger partial charge in [0.1, 0.15) is 5.75 Å². The SMILES string of the molecule is COc1ccc(C(=O)NC(=S)NC2CCCC2)cc1. The maximum absolute atomic E-state index is 11.9. The van der Waals surface area contributed by atoms with Gasteiger partial charge in [-0.3, -0.25) is 10.1 Å². The van der Waals surface area contributed by atoms with E-state index in [9.17, 15) is 4.79 Å². The van der Waals surface area contributed by atoms with Crippen molar-refractivity contribution in [3.05, 3.63) is 29.8 Å². The summed E-state index contributed by atoms with van der Waals surface area (Å²) in [4.78, 5) is 11.9. The highest BCUT2D eigenvalue weighted by molar-refractivity contribution is 7.80. The molecule has 1 aliphatic carbocycles. The topological polar surface area (TPSA) is 50.4 Å². The Morgan fingerprint density at radius 2 is 1.89 bits per heavy atom. The number of ether oxygens (including phenoxy) is 1. The van der Waals surface area contributed by atoms with Crippen molar-refractivity contribution in [2.45, 2.75) is 31.7 Å². The van der Waals surface area contributed by atoms with Gasteiger partial charge in [-0.15, -0.1) is 0 Å². The summed E-state index contributed by atoms with van der Waals surface area (Å²) < 4.78 is 5.05. The molecule has 1 amide bonds. The Balaban J connectivity index is 1.86. The minimum absolute atomic E-state index is 0.196. The third-order valence-corrected chi connectivity index (χ3v) is 3.49. The number of hydrogen-bond donors (Lipinski definition) is 2. The molecule has 19 heavy (non-hydrogen) atoms. The molecule has 1 aliphatic rings. The first kappa shape index (κ1) is 13.8. The molecule has 0 heterocycles. The molecule has 0 saturated heterocycles. The molecular weight excluding hydrogens is 260 g/mol. The van der Waals surface area contributed by atoms with E-state index in [0.717, 1.165) is 18.6 Å². The minimum atomic E-state index is -0.196. The predicted molar refractivity (Wildman–Crippen MR) is 78.4 cm³/mol. The van der Waals surface area contributed by atoms with Gasteiger partial charge in [-0.2, -0.15) is 0 Å². The van der Waals surface area contributed by atoms with Crippen LogP contribution in [0, 0.1) is 0 Å². The molecule has 2 rings (SSSR count). The summed E-state index contributed by atoms with van der Waals surface area (Å²) in [5.41, 5.74) is 0.566. The van der Waals surface area contributed by atoms with Gasteiger partial charge in [0.15, 0.2) is 5.11 Å². The van der Waals surface area contributed by atoms with Crippen molar-refractivity contribution in [1.82, 2.24) is 10.6 Å². The second kappa shape index (κ2) is 6.52. The van der Waals surface area contributed by atoms with Gasteiger partial charge in [0.2, 0.25) is 0 Å². The highest BCUT2D eigenvalue weighted by Gasteiger charge is 2.16. The van der Waals surface area contributed by atoms with E-state index in [1.807, 2.05) is 0 Å². The Morgan fingerprint density at radius 3 is 2.47 bits per heavy atom. The quantitative estimate of drug-likeness (QED) is 0.833. The maximum atomic E-state index is 11.9. The third kappa shape index (κ3) is 3.92. The number of amides is 1. The largest absolute Gasteiger partial charge is 0.497 e. The Kier molecular flexibility index (Phi) is 4.74. The molecule has 1 fully saturated rings. The van der Waals surface area contributed by atoms with Gasteiger partial charge in [-0.25, -0.2) is 0 Å². The second-order valence-electron chi connectivity index (χ2n) is 4.64. The summed E-state index contributed by atoms with van der Waals surface area (Å²) in [7, 11) is 1.59. The monoisotopic (exact) mass is 278 g/mol. The average Bonchev–Trinajstić information content (AvgIpc) is 2.91. The van der Waals surface area contributed by atoms with Gasteiger partial charge in [-0.05, 0) is 49.3 Å². The Bertz CT molecular complexity index is 453. The summed E-state index contributed by atoms with van der Waals surface area (Å²) in [6, 6.07) is 7.34. The normalized spacial score (nSPS) is 15.0. The molecule has 0 bridgehead atoms. The molecule has 0 aliphatic heterocycles. The number of nitrogens with one attached hydrogen (secondary N) is 2. The van der Waals surface area contributed by atoms with E-state index < -0.39 is 0 Å². The van der Waals surface area contributed by atoms with E-state index >= 15 is 0 Å². The number of carbonyl (C=O) groups excluding carboxylic acids is 1. The first-order valence-electron chi connectivity index (χ1n) is 6.45. The maximum Gasteiger partial charge on any atom is 0.257 e. The van der Waals surface area contributed by atoms with Crippen molar-refractivity contribution < 1.29 is 9.53 Å². The fourth-order valence-electron chi connectivity index (χ4n) is 2.21. The van der Waals surface area contributed by atoms with Crippen LogP contribution in [0.2, 0.25) is 0 Å². The van der Waals surface area contributed by atoms with Crippen LogP contribution in [0.25, 0.3) is 0 Å². The minimum Gasteiger partial charge on any atom is -0.497 e. The van der Waals surface area contributed by atoms with Crippen molar-refractivity contribution in [3.8, 4) is 5.75 Å². The van der Waals surface area contributed by atoms with Crippen LogP contribution in [0.1, 0.15) is 36.0 Å². The number of rotatable bonds is 3. The molecule has 0 spiro atoms. The molecule has 1 aromatic carbocycles. The molecule has 5 heteroatoms. The van der Waals surface area contributed by atoms with Crippen LogP contribution in [0.4, 0.5) is 0 Å². The molecule has 0 aromatic heterocycles. The van der Waals surface area contributed by atoms with Gasteiger partial charge in [-0.1, -0.05) is 12.8 Å². The molecule has 2 N–H and O–H groups in total.